The standard InChI is InChI=1S/C27H22N2O6/c1-15-10-11-17(12-16(15)2)27(34)28-13-23(31)35-14-22(30)29-21-9-5-8-20-24(21)26(33)19-7-4-3-6-18(19)25(20)32/h3-12H,13-14H2,1-2H3,(H,28,34)(H,29,30). The number of esters is 1. The molecule has 0 fully saturated rings. The van der Waals surface area contributed by atoms with Crippen LogP contribution < -0.4 is 10.6 Å². The summed E-state index contributed by atoms with van der Waals surface area (Å²) in [7, 11) is 0. The van der Waals surface area contributed by atoms with Crippen LogP contribution in [0.25, 0.3) is 0 Å². The van der Waals surface area contributed by atoms with E-state index in [-0.39, 0.29) is 33.9 Å². The van der Waals surface area contributed by atoms with Crippen LogP contribution in [0.15, 0.2) is 60.7 Å². The van der Waals surface area contributed by atoms with Gasteiger partial charge in [-0.25, -0.2) is 0 Å². The van der Waals surface area contributed by atoms with Crippen LogP contribution in [-0.4, -0.2) is 42.5 Å². The number of hydrogen-bond acceptors (Lipinski definition) is 6. The zero-order valence-electron chi connectivity index (χ0n) is 19.1. The van der Waals surface area contributed by atoms with Crippen LogP contribution in [0.4, 0.5) is 5.69 Å². The van der Waals surface area contributed by atoms with E-state index in [1.54, 1.807) is 42.5 Å². The van der Waals surface area contributed by atoms with Crippen molar-refractivity contribution in [1.82, 2.24) is 5.32 Å². The Labute approximate surface area is 201 Å². The number of carbonyl (C=O) groups excluding carboxylic acids is 5. The van der Waals surface area contributed by atoms with Crippen molar-refractivity contribution < 1.29 is 28.7 Å². The van der Waals surface area contributed by atoms with Crippen molar-refractivity contribution in [2.45, 2.75) is 13.8 Å². The summed E-state index contributed by atoms with van der Waals surface area (Å²) in [6.07, 6.45) is 0. The number of carbonyl (C=O) groups is 5. The first-order chi connectivity index (χ1) is 16.8. The normalized spacial score (nSPS) is 11.8. The van der Waals surface area contributed by atoms with E-state index in [1.807, 2.05) is 19.9 Å². The minimum absolute atomic E-state index is 0.0940. The van der Waals surface area contributed by atoms with Crippen LogP contribution in [0.5, 0.6) is 0 Å². The highest BCUT2D eigenvalue weighted by atomic mass is 16.5. The van der Waals surface area contributed by atoms with Gasteiger partial charge in [-0.15, -0.1) is 0 Å². The first-order valence-electron chi connectivity index (χ1n) is 10.9. The van der Waals surface area contributed by atoms with E-state index in [0.717, 1.165) is 11.1 Å². The van der Waals surface area contributed by atoms with Crippen molar-refractivity contribution in [1.29, 1.82) is 0 Å². The average Bonchev–Trinajstić information content (AvgIpc) is 2.86. The van der Waals surface area contributed by atoms with Crippen LogP contribution in [-0.2, 0) is 14.3 Å². The highest BCUT2D eigenvalue weighted by molar-refractivity contribution is 6.30. The summed E-state index contributed by atoms with van der Waals surface area (Å²) in [6, 6.07) is 16.3. The van der Waals surface area contributed by atoms with Crippen molar-refractivity contribution in [3.8, 4) is 0 Å². The lowest BCUT2D eigenvalue weighted by molar-refractivity contribution is -0.146. The number of hydrogen-bond donors (Lipinski definition) is 2. The second kappa shape index (κ2) is 9.72. The van der Waals surface area contributed by atoms with Crippen LogP contribution in [0, 0.1) is 13.8 Å². The number of fused-ring (bicyclic) bond motifs is 2. The van der Waals surface area contributed by atoms with E-state index >= 15 is 0 Å². The van der Waals surface area contributed by atoms with Crippen LogP contribution >= 0.6 is 0 Å². The third kappa shape index (κ3) is 4.86. The van der Waals surface area contributed by atoms with Gasteiger partial charge >= 0.3 is 5.97 Å². The molecule has 0 aromatic heterocycles. The van der Waals surface area contributed by atoms with Gasteiger partial charge in [-0.05, 0) is 43.2 Å². The Bertz CT molecular complexity index is 1390. The Morgan fingerprint density at radius 1 is 0.800 bits per heavy atom. The fourth-order valence-electron chi connectivity index (χ4n) is 3.77. The highest BCUT2D eigenvalue weighted by Crippen LogP contribution is 2.31. The molecule has 0 aliphatic heterocycles. The van der Waals surface area contributed by atoms with Crippen LogP contribution in [0.3, 0.4) is 0 Å². The summed E-state index contributed by atoms with van der Waals surface area (Å²) in [6.45, 7) is 2.77. The van der Waals surface area contributed by atoms with Crippen molar-refractivity contribution in [2.24, 2.45) is 0 Å². The fourth-order valence-corrected chi connectivity index (χ4v) is 3.77. The van der Waals surface area contributed by atoms with Gasteiger partial charge in [-0.2, -0.15) is 0 Å². The largest absolute Gasteiger partial charge is 0.454 e. The zero-order chi connectivity index (χ0) is 25.1. The summed E-state index contributed by atoms with van der Waals surface area (Å²) in [5.41, 5.74) is 3.41. The second-order valence-electron chi connectivity index (χ2n) is 8.12. The summed E-state index contributed by atoms with van der Waals surface area (Å²) in [5, 5.41) is 4.99. The molecule has 0 saturated heterocycles. The number of amides is 2. The lowest BCUT2D eigenvalue weighted by atomic mass is 9.83. The third-order valence-corrected chi connectivity index (χ3v) is 5.75. The molecule has 1 aliphatic rings. The molecule has 8 nitrogen and oxygen atoms in total. The fraction of sp³-hybridized carbons (Fsp3) is 0.148. The van der Waals surface area contributed by atoms with Gasteiger partial charge < -0.3 is 15.4 Å². The summed E-state index contributed by atoms with van der Waals surface area (Å²) in [5.74, 6) is -2.61. The summed E-state index contributed by atoms with van der Waals surface area (Å²) < 4.78 is 4.94. The quantitative estimate of drug-likeness (QED) is 0.418. The topological polar surface area (TPSA) is 119 Å². The van der Waals surface area contributed by atoms with Gasteiger partial charge in [0.1, 0.15) is 6.54 Å². The molecule has 1 aliphatic carbocycles. The smallest absolute Gasteiger partial charge is 0.325 e. The number of ketones is 2. The van der Waals surface area contributed by atoms with Crippen molar-refractivity contribution in [3.63, 3.8) is 0 Å². The molecular weight excluding hydrogens is 448 g/mol. The van der Waals surface area contributed by atoms with Gasteiger partial charge in [0.05, 0.1) is 11.3 Å². The molecule has 0 unspecified atom stereocenters. The molecule has 176 valence electrons. The van der Waals surface area contributed by atoms with Crippen LogP contribution in [0.2, 0.25) is 0 Å². The maximum atomic E-state index is 13.0. The molecular formula is C27H22N2O6. The molecule has 2 N–H and O–H groups in total. The molecule has 0 heterocycles. The van der Waals surface area contributed by atoms with E-state index in [4.69, 9.17) is 4.74 Å². The van der Waals surface area contributed by atoms with E-state index in [2.05, 4.69) is 10.6 Å². The Morgan fingerprint density at radius 2 is 1.49 bits per heavy atom. The number of ether oxygens (including phenoxy) is 1. The zero-order valence-corrected chi connectivity index (χ0v) is 19.1. The molecule has 0 saturated carbocycles. The number of nitrogens with one attached hydrogen (secondary N) is 2. The summed E-state index contributed by atoms with van der Waals surface area (Å²) in [4.78, 5) is 62.4. The predicted molar refractivity (Wildman–Crippen MR) is 128 cm³/mol. The maximum absolute atomic E-state index is 13.0. The Hall–Kier alpha value is -4.59. The molecule has 0 bridgehead atoms. The monoisotopic (exact) mass is 470 g/mol. The molecule has 8 heteroatoms. The van der Waals surface area contributed by atoms with E-state index in [0.29, 0.717) is 11.1 Å². The van der Waals surface area contributed by atoms with Crippen molar-refractivity contribution in [3.05, 3.63) is 99.6 Å². The number of benzene rings is 3. The Morgan fingerprint density at radius 3 is 2.20 bits per heavy atom. The highest BCUT2D eigenvalue weighted by Gasteiger charge is 2.31. The molecule has 0 spiro atoms. The summed E-state index contributed by atoms with van der Waals surface area (Å²) >= 11 is 0. The predicted octanol–water partition coefficient (Wildman–Crippen LogP) is 2.99. The lowest BCUT2D eigenvalue weighted by Crippen LogP contribution is -2.32. The molecule has 35 heavy (non-hydrogen) atoms. The third-order valence-electron chi connectivity index (χ3n) is 5.75. The maximum Gasteiger partial charge on any atom is 0.325 e. The van der Waals surface area contributed by atoms with Crippen molar-refractivity contribution >= 4 is 35.0 Å². The molecule has 4 rings (SSSR count). The van der Waals surface area contributed by atoms with Gasteiger partial charge in [0.15, 0.2) is 18.2 Å². The van der Waals surface area contributed by atoms with Crippen LogP contribution in [0.1, 0.15) is 53.3 Å². The van der Waals surface area contributed by atoms with E-state index < -0.39 is 30.9 Å². The SMILES string of the molecule is Cc1ccc(C(=O)NCC(=O)OCC(=O)Nc2cccc3c2C(=O)c2ccccc2C3=O)cc1C. The first-order valence-corrected chi connectivity index (χ1v) is 10.9. The number of anilines is 1. The average molecular weight is 470 g/mol. The first kappa shape index (κ1) is 23.6. The molecule has 3 aromatic carbocycles. The molecule has 0 atom stereocenters. The van der Waals surface area contributed by atoms with E-state index in [9.17, 15) is 24.0 Å². The number of aryl methyl sites for hydroxylation is 2. The van der Waals surface area contributed by atoms with Gasteiger partial charge in [-0.3, -0.25) is 24.0 Å². The lowest BCUT2D eigenvalue weighted by Gasteiger charge is -2.20. The van der Waals surface area contributed by atoms with Gasteiger partial charge in [0.2, 0.25) is 0 Å². The van der Waals surface area contributed by atoms with Gasteiger partial charge in [0.25, 0.3) is 11.8 Å². The van der Waals surface area contributed by atoms with E-state index in [1.165, 1.54) is 12.1 Å². The molecule has 2 amide bonds. The Kier molecular flexibility index (Phi) is 6.55. The second-order valence-corrected chi connectivity index (χ2v) is 8.12. The van der Waals surface area contributed by atoms with Crippen molar-refractivity contribution in [2.75, 3.05) is 18.5 Å². The minimum atomic E-state index is -0.799. The Balaban J connectivity index is 1.35. The minimum Gasteiger partial charge on any atom is -0.454 e. The molecule has 0 radical (unpaired) electrons. The van der Waals surface area contributed by atoms with Gasteiger partial charge in [-0.1, -0.05) is 42.5 Å². The number of rotatable bonds is 6. The molecule has 3 aromatic rings. The van der Waals surface area contributed by atoms with Gasteiger partial charge in [0, 0.05) is 22.3 Å².